The fraction of sp³-hybridized carbons (Fsp3) is 0.222. The van der Waals surface area contributed by atoms with Gasteiger partial charge in [-0.3, -0.25) is 4.79 Å². The lowest BCUT2D eigenvalue weighted by molar-refractivity contribution is 0.0715. The van der Waals surface area contributed by atoms with Gasteiger partial charge in [-0.25, -0.2) is 13.8 Å². The molecule has 0 saturated carbocycles. The number of aliphatic hydroxyl groups excluding tert-OH is 1. The number of imidazole rings is 1. The quantitative estimate of drug-likeness (QED) is 0.778. The number of amides is 1. The zero-order chi connectivity index (χ0) is 17.6. The fourth-order valence-corrected chi connectivity index (χ4v) is 3.29. The maximum atomic E-state index is 13.6. The summed E-state index contributed by atoms with van der Waals surface area (Å²) < 4.78 is 28.5. The number of halogens is 2. The molecule has 25 heavy (non-hydrogen) atoms. The summed E-state index contributed by atoms with van der Waals surface area (Å²) >= 11 is 0. The van der Waals surface area contributed by atoms with Crippen LogP contribution in [-0.4, -0.2) is 37.9 Å². The highest BCUT2D eigenvalue weighted by molar-refractivity contribution is 5.94. The Bertz CT molecular complexity index is 956. The van der Waals surface area contributed by atoms with Gasteiger partial charge in [-0.15, -0.1) is 0 Å². The molecule has 2 atom stereocenters. The molecule has 1 fully saturated rings. The Morgan fingerprint density at radius 2 is 2.04 bits per heavy atom. The Balaban J connectivity index is 1.68. The number of fused-ring (bicyclic) bond motifs is 1. The molecule has 3 heterocycles. The number of aliphatic hydroxyl groups is 1. The van der Waals surface area contributed by atoms with E-state index in [0.717, 1.165) is 17.6 Å². The molecule has 1 N–H and O–H groups in total. The van der Waals surface area contributed by atoms with Crippen molar-refractivity contribution in [2.45, 2.75) is 18.6 Å². The first-order chi connectivity index (χ1) is 12.0. The van der Waals surface area contributed by atoms with Crippen molar-refractivity contribution in [2.24, 2.45) is 0 Å². The molecular weight excluding hydrogens is 328 g/mol. The van der Waals surface area contributed by atoms with Gasteiger partial charge in [0.05, 0.1) is 35.8 Å². The second kappa shape index (κ2) is 5.93. The largest absolute Gasteiger partial charge is 0.391 e. The van der Waals surface area contributed by atoms with Crippen LogP contribution in [0.25, 0.3) is 5.52 Å². The van der Waals surface area contributed by atoms with Crippen LogP contribution in [0.15, 0.2) is 49.1 Å². The second-order valence-electron chi connectivity index (χ2n) is 6.18. The molecule has 0 unspecified atom stereocenters. The van der Waals surface area contributed by atoms with E-state index >= 15 is 0 Å². The van der Waals surface area contributed by atoms with Gasteiger partial charge in [0.25, 0.3) is 5.91 Å². The summed E-state index contributed by atoms with van der Waals surface area (Å²) in [5, 5.41) is 10.0. The Labute approximate surface area is 142 Å². The third kappa shape index (κ3) is 2.76. The van der Waals surface area contributed by atoms with Gasteiger partial charge in [-0.2, -0.15) is 0 Å². The molecular formula is C18H15F2N3O2. The third-order valence-electron chi connectivity index (χ3n) is 4.52. The van der Waals surface area contributed by atoms with Gasteiger partial charge in [-0.05, 0) is 36.2 Å². The van der Waals surface area contributed by atoms with E-state index in [0.29, 0.717) is 11.1 Å². The van der Waals surface area contributed by atoms with Crippen LogP contribution in [0, 0.1) is 11.6 Å². The van der Waals surface area contributed by atoms with Gasteiger partial charge in [0.15, 0.2) is 11.6 Å². The SMILES string of the molecule is O=C(c1ccc2cncn2c1)N1C[C@H](O)C[C@H]1c1ccc(F)c(F)c1. The first-order valence-electron chi connectivity index (χ1n) is 7.88. The van der Waals surface area contributed by atoms with Crippen LogP contribution in [0.5, 0.6) is 0 Å². The normalized spacial score (nSPS) is 20.4. The number of benzene rings is 1. The van der Waals surface area contributed by atoms with E-state index in [4.69, 9.17) is 0 Å². The van der Waals surface area contributed by atoms with Crippen molar-refractivity contribution in [3.8, 4) is 0 Å². The maximum Gasteiger partial charge on any atom is 0.255 e. The Morgan fingerprint density at radius 1 is 1.20 bits per heavy atom. The first-order valence-corrected chi connectivity index (χ1v) is 7.88. The van der Waals surface area contributed by atoms with Crippen molar-refractivity contribution < 1.29 is 18.7 Å². The molecule has 1 amide bonds. The number of carbonyl (C=O) groups is 1. The predicted octanol–water partition coefficient (Wildman–Crippen LogP) is 2.56. The van der Waals surface area contributed by atoms with Gasteiger partial charge in [0.2, 0.25) is 0 Å². The van der Waals surface area contributed by atoms with Crippen LogP contribution in [0.3, 0.4) is 0 Å². The summed E-state index contributed by atoms with van der Waals surface area (Å²) in [6.45, 7) is 0.143. The summed E-state index contributed by atoms with van der Waals surface area (Å²) in [4.78, 5) is 18.4. The molecule has 5 nitrogen and oxygen atoms in total. The second-order valence-corrected chi connectivity index (χ2v) is 6.18. The van der Waals surface area contributed by atoms with Gasteiger partial charge >= 0.3 is 0 Å². The lowest BCUT2D eigenvalue weighted by atomic mass is 10.0. The molecule has 0 bridgehead atoms. The minimum absolute atomic E-state index is 0.143. The van der Waals surface area contributed by atoms with Crippen LogP contribution in [0.1, 0.15) is 28.4 Å². The topological polar surface area (TPSA) is 57.8 Å². The van der Waals surface area contributed by atoms with E-state index in [2.05, 4.69) is 4.98 Å². The van der Waals surface area contributed by atoms with Gasteiger partial charge in [-0.1, -0.05) is 6.07 Å². The zero-order valence-corrected chi connectivity index (χ0v) is 13.1. The standard InChI is InChI=1S/C18H15F2N3O2/c19-15-4-2-11(5-16(15)20)17-6-14(24)9-23(17)18(25)12-1-3-13-7-21-10-22(13)8-12/h1-5,7-8,10,14,17,24H,6,9H2/t14-,17+/m1/s1. The minimum atomic E-state index is -0.967. The first kappa shape index (κ1) is 15.7. The van der Waals surface area contributed by atoms with E-state index < -0.39 is 23.8 Å². The third-order valence-corrected chi connectivity index (χ3v) is 4.52. The highest BCUT2D eigenvalue weighted by Crippen LogP contribution is 2.34. The summed E-state index contributed by atoms with van der Waals surface area (Å²) in [6, 6.07) is 6.52. The molecule has 1 aromatic carbocycles. The van der Waals surface area contributed by atoms with E-state index in [1.54, 1.807) is 35.3 Å². The molecule has 128 valence electrons. The molecule has 0 spiro atoms. The number of β-amino-alcohol motifs (C(OH)–C–C–N with tert-alkyl or cyclic N) is 1. The Kier molecular flexibility index (Phi) is 3.73. The van der Waals surface area contributed by atoms with Crippen molar-refractivity contribution in [3.63, 3.8) is 0 Å². The van der Waals surface area contributed by atoms with E-state index in [1.807, 2.05) is 0 Å². The molecule has 1 aliphatic rings. The lowest BCUT2D eigenvalue weighted by Gasteiger charge is -2.25. The molecule has 7 heteroatoms. The minimum Gasteiger partial charge on any atom is -0.391 e. The van der Waals surface area contributed by atoms with Crippen LogP contribution >= 0.6 is 0 Å². The van der Waals surface area contributed by atoms with Crippen molar-refractivity contribution >= 4 is 11.4 Å². The van der Waals surface area contributed by atoms with Gasteiger partial charge in [0.1, 0.15) is 0 Å². The number of likely N-dealkylation sites (tertiary alicyclic amines) is 1. The number of carbonyl (C=O) groups excluding carboxylic acids is 1. The molecule has 3 aromatic rings. The molecule has 0 radical (unpaired) electrons. The Hall–Kier alpha value is -2.80. The van der Waals surface area contributed by atoms with Gasteiger partial charge in [0, 0.05) is 12.7 Å². The summed E-state index contributed by atoms with van der Waals surface area (Å²) in [5.41, 5.74) is 1.76. The van der Waals surface area contributed by atoms with Crippen LogP contribution in [0.4, 0.5) is 8.78 Å². The van der Waals surface area contributed by atoms with Crippen LogP contribution in [-0.2, 0) is 0 Å². The lowest BCUT2D eigenvalue weighted by Crippen LogP contribution is -2.32. The highest BCUT2D eigenvalue weighted by Gasteiger charge is 2.36. The zero-order valence-electron chi connectivity index (χ0n) is 13.1. The Morgan fingerprint density at radius 3 is 2.84 bits per heavy atom. The van der Waals surface area contributed by atoms with E-state index in [9.17, 15) is 18.7 Å². The molecule has 4 rings (SSSR count). The number of aromatic nitrogens is 2. The average Bonchev–Trinajstić information content (AvgIpc) is 3.22. The van der Waals surface area contributed by atoms with Crippen molar-refractivity contribution in [2.75, 3.05) is 6.54 Å². The number of rotatable bonds is 2. The summed E-state index contributed by atoms with van der Waals surface area (Å²) in [6.07, 6.45) is 4.51. The van der Waals surface area contributed by atoms with Crippen molar-refractivity contribution in [1.29, 1.82) is 0 Å². The number of nitrogens with zero attached hydrogens (tertiary/aromatic N) is 3. The number of pyridine rings is 1. The summed E-state index contributed by atoms with van der Waals surface area (Å²) in [5.74, 6) is -2.18. The molecule has 1 saturated heterocycles. The van der Waals surface area contributed by atoms with Crippen molar-refractivity contribution in [3.05, 3.63) is 71.8 Å². The van der Waals surface area contributed by atoms with Crippen LogP contribution < -0.4 is 0 Å². The van der Waals surface area contributed by atoms with Crippen LogP contribution in [0.2, 0.25) is 0 Å². The summed E-state index contributed by atoms with van der Waals surface area (Å²) in [7, 11) is 0. The molecule has 0 aliphatic carbocycles. The van der Waals surface area contributed by atoms with Crippen molar-refractivity contribution in [1.82, 2.24) is 14.3 Å². The highest BCUT2D eigenvalue weighted by atomic mass is 19.2. The fourth-order valence-electron chi connectivity index (χ4n) is 3.29. The molecule has 1 aliphatic heterocycles. The van der Waals surface area contributed by atoms with E-state index in [1.165, 1.54) is 11.0 Å². The molecule has 2 aromatic heterocycles. The predicted molar refractivity (Wildman–Crippen MR) is 86.0 cm³/mol. The van der Waals surface area contributed by atoms with E-state index in [-0.39, 0.29) is 18.9 Å². The smallest absolute Gasteiger partial charge is 0.255 e. The number of hydrogen-bond donors (Lipinski definition) is 1. The maximum absolute atomic E-state index is 13.6. The monoisotopic (exact) mass is 343 g/mol. The number of hydrogen-bond acceptors (Lipinski definition) is 3. The van der Waals surface area contributed by atoms with Gasteiger partial charge < -0.3 is 14.4 Å². The average molecular weight is 343 g/mol.